The van der Waals surface area contributed by atoms with Gasteiger partial charge in [-0.2, -0.15) is 5.10 Å². The Bertz CT molecular complexity index is 887. The van der Waals surface area contributed by atoms with Gasteiger partial charge in [0.25, 0.3) is 0 Å². The van der Waals surface area contributed by atoms with Gasteiger partial charge in [-0.15, -0.1) is 0 Å². The molecule has 0 spiro atoms. The molecule has 2 aromatic carbocycles. The molecule has 4 rings (SSSR count). The summed E-state index contributed by atoms with van der Waals surface area (Å²) < 4.78 is 1.73. The Morgan fingerprint density at radius 3 is 2.83 bits per heavy atom. The second-order valence-electron chi connectivity index (χ2n) is 5.81. The molecule has 1 amide bonds. The maximum absolute atomic E-state index is 12.6. The van der Waals surface area contributed by atoms with Crippen LogP contribution < -0.4 is 0 Å². The molecule has 2 heterocycles. The SMILES string of the molecule is O=C(Cn1ncc2c(Cl)cccc21)N1CCc2ccccc2C1. The maximum atomic E-state index is 12.6. The van der Waals surface area contributed by atoms with Gasteiger partial charge in [-0.25, -0.2) is 0 Å². The highest BCUT2D eigenvalue weighted by molar-refractivity contribution is 6.35. The minimum Gasteiger partial charge on any atom is -0.336 e. The summed E-state index contributed by atoms with van der Waals surface area (Å²) in [5, 5.41) is 5.86. The zero-order chi connectivity index (χ0) is 15.8. The lowest BCUT2D eigenvalue weighted by Gasteiger charge is -2.29. The van der Waals surface area contributed by atoms with Crippen molar-refractivity contribution < 1.29 is 4.79 Å². The molecule has 5 heteroatoms. The number of benzene rings is 2. The highest BCUT2D eigenvalue weighted by atomic mass is 35.5. The van der Waals surface area contributed by atoms with Gasteiger partial charge in [0.1, 0.15) is 6.54 Å². The van der Waals surface area contributed by atoms with Crippen LogP contribution in [0.2, 0.25) is 5.02 Å². The Morgan fingerprint density at radius 2 is 1.96 bits per heavy atom. The number of hydrogen-bond donors (Lipinski definition) is 0. The van der Waals surface area contributed by atoms with Crippen LogP contribution in [-0.4, -0.2) is 27.1 Å². The molecule has 1 aromatic heterocycles. The molecule has 1 aliphatic rings. The molecular formula is C18H16ClN3O. The third-order valence-corrected chi connectivity index (χ3v) is 4.73. The zero-order valence-corrected chi connectivity index (χ0v) is 13.3. The van der Waals surface area contributed by atoms with Crippen LogP contribution in [0.3, 0.4) is 0 Å². The maximum Gasteiger partial charge on any atom is 0.244 e. The van der Waals surface area contributed by atoms with E-state index in [1.54, 1.807) is 10.9 Å². The van der Waals surface area contributed by atoms with Crippen molar-refractivity contribution in [3.8, 4) is 0 Å². The van der Waals surface area contributed by atoms with Gasteiger partial charge in [0, 0.05) is 18.5 Å². The van der Waals surface area contributed by atoms with E-state index in [2.05, 4.69) is 23.3 Å². The summed E-state index contributed by atoms with van der Waals surface area (Å²) >= 11 is 6.16. The van der Waals surface area contributed by atoms with E-state index in [1.807, 2.05) is 29.2 Å². The van der Waals surface area contributed by atoms with Crippen molar-refractivity contribution in [3.05, 3.63) is 64.8 Å². The number of carbonyl (C=O) groups excluding carboxylic acids is 1. The zero-order valence-electron chi connectivity index (χ0n) is 12.6. The predicted molar refractivity (Wildman–Crippen MR) is 90.3 cm³/mol. The van der Waals surface area contributed by atoms with Gasteiger partial charge in [-0.1, -0.05) is 41.9 Å². The van der Waals surface area contributed by atoms with E-state index >= 15 is 0 Å². The molecule has 0 radical (unpaired) electrons. The molecule has 0 bridgehead atoms. The molecule has 0 fully saturated rings. The average molecular weight is 326 g/mol. The number of halogens is 1. The Morgan fingerprint density at radius 1 is 1.13 bits per heavy atom. The molecule has 0 saturated carbocycles. The lowest BCUT2D eigenvalue weighted by atomic mass is 10.00. The molecule has 23 heavy (non-hydrogen) atoms. The largest absolute Gasteiger partial charge is 0.336 e. The van der Waals surface area contributed by atoms with Crippen LogP contribution in [-0.2, 0) is 24.3 Å². The molecule has 0 atom stereocenters. The Kier molecular flexibility index (Phi) is 3.54. The van der Waals surface area contributed by atoms with Crippen LogP contribution in [0.4, 0.5) is 0 Å². The molecule has 0 saturated heterocycles. The predicted octanol–water partition coefficient (Wildman–Crippen LogP) is 3.27. The molecular weight excluding hydrogens is 310 g/mol. The summed E-state index contributed by atoms with van der Waals surface area (Å²) in [6.45, 7) is 1.68. The van der Waals surface area contributed by atoms with Crippen molar-refractivity contribution in [3.63, 3.8) is 0 Å². The van der Waals surface area contributed by atoms with Crippen LogP contribution in [0.15, 0.2) is 48.7 Å². The van der Waals surface area contributed by atoms with Gasteiger partial charge in [0.15, 0.2) is 0 Å². The smallest absolute Gasteiger partial charge is 0.244 e. The van der Waals surface area contributed by atoms with Crippen LogP contribution >= 0.6 is 11.6 Å². The average Bonchev–Trinajstić information content (AvgIpc) is 2.99. The van der Waals surface area contributed by atoms with Crippen molar-refractivity contribution in [1.29, 1.82) is 0 Å². The van der Waals surface area contributed by atoms with Gasteiger partial charge < -0.3 is 4.90 Å². The quantitative estimate of drug-likeness (QED) is 0.725. The van der Waals surface area contributed by atoms with E-state index in [0.29, 0.717) is 11.6 Å². The van der Waals surface area contributed by atoms with E-state index in [-0.39, 0.29) is 12.5 Å². The number of nitrogens with zero attached hydrogens (tertiary/aromatic N) is 3. The van der Waals surface area contributed by atoms with Gasteiger partial charge in [0.2, 0.25) is 5.91 Å². The number of hydrogen-bond acceptors (Lipinski definition) is 2. The van der Waals surface area contributed by atoms with Crippen molar-refractivity contribution in [2.75, 3.05) is 6.54 Å². The molecule has 0 N–H and O–H groups in total. The first-order valence-electron chi connectivity index (χ1n) is 7.67. The lowest BCUT2D eigenvalue weighted by Crippen LogP contribution is -2.38. The van der Waals surface area contributed by atoms with E-state index in [4.69, 9.17) is 11.6 Å². The van der Waals surface area contributed by atoms with Gasteiger partial charge in [0.05, 0.1) is 16.7 Å². The molecule has 116 valence electrons. The minimum absolute atomic E-state index is 0.0875. The number of aromatic nitrogens is 2. The Balaban J connectivity index is 1.55. The van der Waals surface area contributed by atoms with Crippen LogP contribution in [0.5, 0.6) is 0 Å². The van der Waals surface area contributed by atoms with Crippen LogP contribution in [0, 0.1) is 0 Å². The minimum atomic E-state index is 0.0875. The topological polar surface area (TPSA) is 38.1 Å². The monoisotopic (exact) mass is 325 g/mol. The Hall–Kier alpha value is -2.33. The molecule has 1 aliphatic heterocycles. The lowest BCUT2D eigenvalue weighted by molar-refractivity contribution is -0.132. The standard InChI is InChI=1S/C18H16ClN3O/c19-16-6-3-7-17-15(16)10-20-22(17)12-18(23)21-9-8-13-4-1-2-5-14(13)11-21/h1-7,10H,8-9,11-12H2. The number of rotatable bonds is 2. The third kappa shape index (κ3) is 2.59. The molecule has 0 unspecified atom stereocenters. The fourth-order valence-electron chi connectivity index (χ4n) is 3.13. The summed E-state index contributed by atoms with van der Waals surface area (Å²) in [6.07, 6.45) is 2.63. The van der Waals surface area contributed by atoms with E-state index in [9.17, 15) is 4.79 Å². The molecule has 0 aliphatic carbocycles. The fraction of sp³-hybridized carbons (Fsp3) is 0.222. The summed E-state index contributed by atoms with van der Waals surface area (Å²) in [7, 11) is 0. The van der Waals surface area contributed by atoms with Crippen LogP contribution in [0.1, 0.15) is 11.1 Å². The summed E-state index contributed by atoms with van der Waals surface area (Å²) in [5.74, 6) is 0.0875. The summed E-state index contributed by atoms with van der Waals surface area (Å²) in [4.78, 5) is 14.5. The van der Waals surface area contributed by atoms with Gasteiger partial charge in [-0.3, -0.25) is 9.48 Å². The first-order chi connectivity index (χ1) is 11.2. The fourth-order valence-corrected chi connectivity index (χ4v) is 3.35. The molecule has 4 nitrogen and oxygen atoms in total. The van der Waals surface area contributed by atoms with Gasteiger partial charge >= 0.3 is 0 Å². The highest BCUT2D eigenvalue weighted by Crippen LogP contribution is 2.23. The highest BCUT2D eigenvalue weighted by Gasteiger charge is 2.21. The van der Waals surface area contributed by atoms with Crippen molar-refractivity contribution >= 4 is 28.4 Å². The second kappa shape index (κ2) is 5.70. The van der Waals surface area contributed by atoms with Crippen molar-refractivity contribution in [2.45, 2.75) is 19.5 Å². The van der Waals surface area contributed by atoms with Gasteiger partial charge in [-0.05, 0) is 29.7 Å². The van der Waals surface area contributed by atoms with Crippen molar-refractivity contribution in [2.24, 2.45) is 0 Å². The third-order valence-electron chi connectivity index (χ3n) is 4.40. The second-order valence-corrected chi connectivity index (χ2v) is 6.22. The van der Waals surface area contributed by atoms with Crippen LogP contribution in [0.25, 0.3) is 10.9 Å². The first kappa shape index (κ1) is 14.3. The van der Waals surface area contributed by atoms with E-state index in [1.165, 1.54) is 11.1 Å². The summed E-state index contributed by atoms with van der Waals surface area (Å²) in [5.41, 5.74) is 3.47. The van der Waals surface area contributed by atoms with E-state index < -0.39 is 0 Å². The van der Waals surface area contributed by atoms with E-state index in [0.717, 1.165) is 23.9 Å². The normalized spacial score (nSPS) is 14.0. The number of fused-ring (bicyclic) bond motifs is 2. The number of amides is 1. The molecule has 3 aromatic rings. The Labute approximate surface area is 139 Å². The van der Waals surface area contributed by atoms with Crippen molar-refractivity contribution in [1.82, 2.24) is 14.7 Å². The first-order valence-corrected chi connectivity index (χ1v) is 8.05. The summed E-state index contributed by atoms with van der Waals surface area (Å²) in [6, 6.07) is 14.0. The number of carbonyl (C=O) groups is 1.